The molecule has 0 aliphatic carbocycles. The zero-order valence-corrected chi connectivity index (χ0v) is 5.47. The third kappa shape index (κ3) is 1.41. The summed E-state index contributed by atoms with van der Waals surface area (Å²) in [5.74, 6) is -0.889. The molecule has 0 saturated heterocycles. The summed E-state index contributed by atoms with van der Waals surface area (Å²) in [4.78, 5) is 3.40. The number of hydrogen-bond acceptors (Lipinski definition) is 5. The molecular formula is C5H6BNO4. The first-order valence-electron chi connectivity index (χ1n) is 2.85. The van der Waals surface area contributed by atoms with Crippen molar-refractivity contribution in [3.63, 3.8) is 0 Å². The van der Waals surface area contributed by atoms with Gasteiger partial charge < -0.3 is 20.3 Å². The van der Waals surface area contributed by atoms with Gasteiger partial charge >= 0.3 is 7.12 Å². The van der Waals surface area contributed by atoms with Gasteiger partial charge in [-0.15, -0.1) is 0 Å². The summed E-state index contributed by atoms with van der Waals surface area (Å²) >= 11 is 0. The highest BCUT2D eigenvalue weighted by molar-refractivity contribution is 6.60. The molecule has 0 amide bonds. The molecule has 0 fully saturated rings. The number of aromatic nitrogens is 1. The van der Waals surface area contributed by atoms with Crippen LogP contribution in [0.2, 0.25) is 0 Å². The van der Waals surface area contributed by atoms with Crippen LogP contribution in [0.3, 0.4) is 0 Å². The maximum Gasteiger partial charge on any atom is 0.496 e. The summed E-state index contributed by atoms with van der Waals surface area (Å²) in [7, 11) is -1.89. The minimum atomic E-state index is -1.89. The molecular weight excluding hydrogens is 149 g/mol. The van der Waals surface area contributed by atoms with E-state index in [0.29, 0.717) is 0 Å². The smallest absolute Gasteiger partial charge is 0.496 e. The molecule has 1 aromatic rings. The summed E-state index contributed by atoms with van der Waals surface area (Å²) < 4.78 is 0. The van der Waals surface area contributed by atoms with E-state index in [4.69, 9.17) is 20.3 Å². The second-order valence-electron chi connectivity index (χ2n) is 1.97. The van der Waals surface area contributed by atoms with Crippen molar-refractivity contribution in [3.8, 4) is 11.5 Å². The molecule has 0 aliphatic rings. The van der Waals surface area contributed by atoms with E-state index in [-0.39, 0.29) is 5.46 Å². The third-order valence-electron chi connectivity index (χ3n) is 1.20. The number of nitrogens with zero attached hydrogens (tertiary/aromatic N) is 1. The van der Waals surface area contributed by atoms with E-state index in [0.717, 1.165) is 12.4 Å². The summed E-state index contributed by atoms with van der Waals surface area (Å²) in [6.07, 6.45) is 2.02. The van der Waals surface area contributed by atoms with E-state index in [1.165, 1.54) is 0 Å². The molecule has 0 unspecified atom stereocenters. The second-order valence-corrected chi connectivity index (χ2v) is 1.97. The number of aromatic hydroxyl groups is 2. The molecule has 6 heteroatoms. The first-order valence-corrected chi connectivity index (χ1v) is 2.85. The van der Waals surface area contributed by atoms with Gasteiger partial charge in [-0.05, 0) is 0 Å². The Morgan fingerprint density at radius 1 is 1.09 bits per heavy atom. The van der Waals surface area contributed by atoms with Crippen molar-refractivity contribution in [2.45, 2.75) is 0 Å². The van der Waals surface area contributed by atoms with E-state index >= 15 is 0 Å². The molecule has 5 nitrogen and oxygen atoms in total. The van der Waals surface area contributed by atoms with Gasteiger partial charge in [0.25, 0.3) is 0 Å². The Labute approximate surface area is 62.7 Å². The van der Waals surface area contributed by atoms with Gasteiger partial charge in [0.2, 0.25) is 0 Å². The maximum atomic E-state index is 8.92. The molecule has 0 atom stereocenters. The zero-order chi connectivity index (χ0) is 8.43. The highest BCUT2D eigenvalue weighted by atomic mass is 16.4. The summed E-state index contributed by atoms with van der Waals surface area (Å²) in [5, 5.41) is 35.0. The van der Waals surface area contributed by atoms with E-state index in [2.05, 4.69) is 4.98 Å². The average Bonchev–Trinajstić information content (AvgIpc) is 1.85. The van der Waals surface area contributed by atoms with Gasteiger partial charge in [-0.3, -0.25) is 4.98 Å². The normalized spacial score (nSPS) is 9.64. The Morgan fingerprint density at radius 3 is 1.82 bits per heavy atom. The highest BCUT2D eigenvalue weighted by Gasteiger charge is 2.20. The molecule has 0 radical (unpaired) electrons. The lowest BCUT2D eigenvalue weighted by molar-refractivity contribution is 0.409. The van der Waals surface area contributed by atoms with Gasteiger partial charge in [-0.1, -0.05) is 0 Å². The lowest BCUT2D eigenvalue weighted by atomic mass is 9.79. The van der Waals surface area contributed by atoms with E-state index in [9.17, 15) is 0 Å². The van der Waals surface area contributed by atoms with E-state index in [1.54, 1.807) is 0 Å². The average molecular weight is 155 g/mol. The second kappa shape index (κ2) is 2.77. The van der Waals surface area contributed by atoms with Gasteiger partial charge in [0.15, 0.2) is 0 Å². The predicted octanol–water partition coefficient (Wildman–Crippen LogP) is -1.83. The van der Waals surface area contributed by atoms with Gasteiger partial charge in [-0.2, -0.15) is 0 Å². The van der Waals surface area contributed by atoms with Crippen molar-refractivity contribution in [2.75, 3.05) is 0 Å². The molecule has 1 heterocycles. The molecule has 0 saturated carbocycles. The Hall–Kier alpha value is -1.27. The molecule has 4 N–H and O–H groups in total. The van der Waals surface area contributed by atoms with Crippen molar-refractivity contribution < 1.29 is 20.3 Å². The van der Waals surface area contributed by atoms with Crippen LogP contribution in [0, 0.1) is 0 Å². The molecule has 0 bridgehead atoms. The van der Waals surface area contributed by atoms with E-state index < -0.39 is 18.6 Å². The Morgan fingerprint density at radius 2 is 1.55 bits per heavy atom. The third-order valence-corrected chi connectivity index (χ3v) is 1.20. The largest absolute Gasteiger partial charge is 0.507 e. The fourth-order valence-corrected chi connectivity index (χ4v) is 0.713. The molecule has 0 aromatic carbocycles. The monoisotopic (exact) mass is 155 g/mol. The van der Waals surface area contributed by atoms with Crippen molar-refractivity contribution in [1.82, 2.24) is 4.98 Å². The number of rotatable bonds is 1. The SMILES string of the molecule is OB(O)c1c(O)cncc1O. The lowest BCUT2D eigenvalue weighted by Crippen LogP contribution is -2.30. The van der Waals surface area contributed by atoms with Crippen LogP contribution in [0.25, 0.3) is 0 Å². The fourth-order valence-electron chi connectivity index (χ4n) is 0.713. The van der Waals surface area contributed by atoms with Crippen molar-refractivity contribution in [2.24, 2.45) is 0 Å². The molecule has 58 valence electrons. The Kier molecular flexibility index (Phi) is 1.97. The van der Waals surface area contributed by atoms with Crippen molar-refractivity contribution in [1.29, 1.82) is 0 Å². The highest BCUT2D eigenvalue weighted by Crippen LogP contribution is 2.10. The van der Waals surface area contributed by atoms with Crippen LogP contribution in [-0.2, 0) is 0 Å². The Balaban J connectivity index is 3.21. The van der Waals surface area contributed by atoms with E-state index in [1.807, 2.05) is 0 Å². The quantitative estimate of drug-likeness (QED) is 0.358. The van der Waals surface area contributed by atoms with Gasteiger partial charge in [0.1, 0.15) is 11.5 Å². The van der Waals surface area contributed by atoms with Crippen LogP contribution in [0.4, 0.5) is 0 Å². The minimum Gasteiger partial charge on any atom is -0.507 e. The summed E-state index contributed by atoms with van der Waals surface area (Å²) in [6.45, 7) is 0. The number of hydrogen-bond donors (Lipinski definition) is 4. The van der Waals surface area contributed by atoms with Crippen LogP contribution < -0.4 is 5.46 Å². The lowest BCUT2D eigenvalue weighted by Gasteiger charge is -2.03. The molecule has 1 rings (SSSR count). The molecule has 0 spiro atoms. The molecule has 1 aromatic heterocycles. The van der Waals surface area contributed by atoms with Crippen molar-refractivity contribution >= 4 is 12.6 Å². The van der Waals surface area contributed by atoms with Crippen LogP contribution in [0.5, 0.6) is 11.5 Å². The first kappa shape index (κ1) is 7.84. The minimum absolute atomic E-state index is 0.333. The number of pyridine rings is 1. The molecule has 0 aliphatic heterocycles. The van der Waals surface area contributed by atoms with Crippen LogP contribution in [0.15, 0.2) is 12.4 Å². The van der Waals surface area contributed by atoms with Crippen LogP contribution in [0.1, 0.15) is 0 Å². The van der Waals surface area contributed by atoms with Crippen molar-refractivity contribution in [3.05, 3.63) is 12.4 Å². The fraction of sp³-hybridized carbons (Fsp3) is 0. The van der Waals surface area contributed by atoms with Gasteiger partial charge in [0, 0.05) is 0 Å². The molecule has 11 heavy (non-hydrogen) atoms. The van der Waals surface area contributed by atoms with Gasteiger partial charge in [0.05, 0.1) is 17.9 Å². The summed E-state index contributed by atoms with van der Waals surface area (Å²) in [6, 6.07) is 0. The standard InChI is InChI=1S/C5H6BNO4/c8-3-1-7-2-4(9)5(3)6(10)11/h1-2,8-11H. The van der Waals surface area contributed by atoms with Crippen LogP contribution in [-0.4, -0.2) is 32.4 Å². The topological polar surface area (TPSA) is 93.8 Å². The van der Waals surface area contributed by atoms with Crippen LogP contribution >= 0.6 is 0 Å². The zero-order valence-electron chi connectivity index (χ0n) is 5.47. The Bertz CT molecular complexity index is 244. The maximum absolute atomic E-state index is 8.92. The first-order chi connectivity index (χ1) is 5.13. The van der Waals surface area contributed by atoms with Gasteiger partial charge in [-0.25, -0.2) is 0 Å². The predicted molar refractivity (Wildman–Crippen MR) is 37.4 cm³/mol. The summed E-state index contributed by atoms with van der Waals surface area (Å²) in [5.41, 5.74) is -0.333.